The molecule has 4 aromatic carbocycles. The molecule has 3 N–H and O–H groups in total. The highest BCUT2D eigenvalue weighted by atomic mass is 35.5. The van der Waals surface area contributed by atoms with E-state index in [-0.39, 0.29) is 45.2 Å². The van der Waals surface area contributed by atoms with Crippen LogP contribution in [0.25, 0.3) is 21.9 Å². The summed E-state index contributed by atoms with van der Waals surface area (Å²) in [5.41, 5.74) is 2.26. The van der Waals surface area contributed by atoms with Crippen molar-refractivity contribution in [3.63, 3.8) is 0 Å². The molecule has 0 saturated heterocycles. The van der Waals surface area contributed by atoms with Gasteiger partial charge in [0.05, 0.1) is 5.02 Å². The van der Waals surface area contributed by atoms with Crippen molar-refractivity contribution < 1.29 is 13.9 Å². The Balaban J connectivity index is 1.76. The van der Waals surface area contributed by atoms with Crippen LogP contribution in [0.5, 0.6) is 11.5 Å². The maximum absolute atomic E-state index is 15.2. The second-order valence-corrected chi connectivity index (χ2v) is 9.63. The number of carbonyl (C=O) groups is 1. The largest absolute Gasteiger partial charge is 0.455 e. The summed E-state index contributed by atoms with van der Waals surface area (Å²) in [6.07, 6.45) is 1.57. The van der Waals surface area contributed by atoms with Gasteiger partial charge in [-0.2, -0.15) is 0 Å². The number of carbonyl (C=O) groups excluding carboxylic acids is 1. The van der Waals surface area contributed by atoms with Gasteiger partial charge in [0.2, 0.25) is 0 Å². The van der Waals surface area contributed by atoms with Crippen LogP contribution < -0.4 is 10.1 Å². The average Bonchev–Trinajstić information content (AvgIpc) is 3.14. The van der Waals surface area contributed by atoms with Gasteiger partial charge in [0.25, 0.3) is 0 Å². The van der Waals surface area contributed by atoms with Crippen molar-refractivity contribution >= 4 is 51.4 Å². The van der Waals surface area contributed by atoms with Crippen molar-refractivity contribution in [3.8, 4) is 22.6 Å². The number of hydrogen-bond acceptors (Lipinski definition) is 4. The highest BCUT2D eigenvalue weighted by Gasteiger charge is 2.30. The number of fused-ring (bicyclic) bond motifs is 2. The van der Waals surface area contributed by atoms with E-state index in [0.717, 1.165) is 12.0 Å². The van der Waals surface area contributed by atoms with E-state index in [1.54, 1.807) is 48.5 Å². The van der Waals surface area contributed by atoms with Gasteiger partial charge in [0, 0.05) is 40.5 Å². The summed E-state index contributed by atoms with van der Waals surface area (Å²) in [5.74, 6) is 0.307. The van der Waals surface area contributed by atoms with E-state index in [1.807, 2.05) is 13.0 Å². The molecule has 8 heteroatoms. The predicted molar refractivity (Wildman–Crippen MR) is 146 cm³/mol. The molecule has 0 fully saturated rings. The molecular weight excluding hydrogens is 512 g/mol. The Morgan fingerprint density at radius 2 is 1.76 bits per heavy atom. The van der Waals surface area contributed by atoms with E-state index in [1.165, 1.54) is 6.07 Å². The molecule has 0 aliphatic carbocycles. The van der Waals surface area contributed by atoms with Crippen LogP contribution in [0.3, 0.4) is 0 Å². The summed E-state index contributed by atoms with van der Waals surface area (Å²) >= 11 is 13.2. The van der Waals surface area contributed by atoms with Crippen molar-refractivity contribution in [2.45, 2.75) is 26.2 Å². The molecule has 37 heavy (non-hydrogen) atoms. The van der Waals surface area contributed by atoms with Crippen LogP contribution in [0, 0.1) is 16.6 Å². The van der Waals surface area contributed by atoms with Gasteiger partial charge in [0.15, 0.2) is 5.75 Å². The highest BCUT2D eigenvalue weighted by Crippen LogP contribution is 2.48. The third-order valence-corrected chi connectivity index (χ3v) is 7.01. The molecule has 5 nitrogen and oxygen atoms in total. The second-order valence-electron chi connectivity index (χ2n) is 8.84. The number of amidine groups is 2. The van der Waals surface area contributed by atoms with Crippen LogP contribution in [0.15, 0.2) is 60.7 Å². The number of nitrogens with one attached hydrogen (secondary N) is 3. The monoisotopic (exact) mass is 533 g/mol. The minimum absolute atomic E-state index is 0.0198. The SMILES string of the molecule is CCCC(=O)Cc1cccc(Oc2c(Cl)c(Cl)cc3cc4c(c(-c5ccccc5F)c23)C(=N)NC4=N)c1. The van der Waals surface area contributed by atoms with Crippen molar-refractivity contribution in [2.75, 3.05) is 0 Å². The zero-order chi connectivity index (χ0) is 26.3. The van der Waals surface area contributed by atoms with Crippen LogP contribution in [-0.4, -0.2) is 17.5 Å². The van der Waals surface area contributed by atoms with Crippen molar-refractivity contribution in [2.24, 2.45) is 0 Å². The smallest absolute Gasteiger partial charge is 0.156 e. The minimum atomic E-state index is -0.489. The van der Waals surface area contributed by atoms with Gasteiger partial charge in [-0.05, 0) is 47.7 Å². The number of Topliss-reactive ketones (excluding diaryl/α,β-unsaturated/α-hetero) is 1. The van der Waals surface area contributed by atoms with Gasteiger partial charge in [-0.1, -0.05) is 60.5 Å². The summed E-state index contributed by atoms with van der Waals surface area (Å²) in [6.45, 7) is 1.96. The topological polar surface area (TPSA) is 86.0 Å². The fraction of sp³-hybridized carbons (Fsp3) is 0.138. The molecule has 0 amide bonds. The third kappa shape index (κ3) is 4.59. The molecule has 0 radical (unpaired) electrons. The van der Waals surface area contributed by atoms with E-state index >= 15 is 4.39 Å². The van der Waals surface area contributed by atoms with Crippen LogP contribution in [0.2, 0.25) is 10.0 Å². The molecule has 0 spiro atoms. The Hall–Kier alpha value is -3.74. The molecule has 4 aromatic rings. The van der Waals surface area contributed by atoms with E-state index in [2.05, 4.69) is 5.32 Å². The lowest BCUT2D eigenvalue weighted by atomic mass is 9.89. The number of hydrogen-bond donors (Lipinski definition) is 3. The number of ketones is 1. The van der Waals surface area contributed by atoms with Gasteiger partial charge in [-0.25, -0.2) is 4.39 Å². The molecule has 1 heterocycles. The van der Waals surface area contributed by atoms with E-state index < -0.39 is 5.82 Å². The summed E-state index contributed by atoms with van der Waals surface area (Å²) in [6, 6.07) is 16.8. The number of ether oxygens (including phenoxy) is 1. The lowest BCUT2D eigenvalue weighted by Crippen LogP contribution is -2.20. The summed E-state index contributed by atoms with van der Waals surface area (Å²) in [4.78, 5) is 12.2. The molecule has 5 rings (SSSR count). The van der Waals surface area contributed by atoms with Crippen LogP contribution in [0.4, 0.5) is 4.39 Å². The Labute approximate surface area is 223 Å². The Kier molecular flexibility index (Phi) is 6.71. The zero-order valence-electron chi connectivity index (χ0n) is 19.8. The molecule has 0 saturated carbocycles. The quantitative estimate of drug-likeness (QED) is 0.225. The van der Waals surface area contributed by atoms with E-state index in [9.17, 15) is 4.79 Å². The Bertz CT molecular complexity index is 1620. The maximum atomic E-state index is 15.2. The fourth-order valence-electron chi connectivity index (χ4n) is 4.65. The number of halogens is 3. The second kappa shape index (κ2) is 9.96. The van der Waals surface area contributed by atoms with Crippen molar-refractivity contribution in [1.29, 1.82) is 10.8 Å². The molecule has 186 valence electrons. The standard InChI is InChI=1S/C29H22Cl2FN3O2/c1-2-6-17(36)11-15-7-5-8-18(12-15)37-27-23-16(14-21(30)26(27)31)13-20-25(29(34)35-28(20)33)24(23)19-9-3-4-10-22(19)32/h3-5,7-10,12-14H,2,6,11H2,1H3,(H3,33,34,35). The molecule has 0 unspecified atom stereocenters. The number of rotatable bonds is 7. The Morgan fingerprint density at radius 1 is 0.973 bits per heavy atom. The molecule has 1 aliphatic rings. The van der Waals surface area contributed by atoms with E-state index in [4.69, 9.17) is 38.8 Å². The molecule has 0 atom stereocenters. The maximum Gasteiger partial charge on any atom is 0.156 e. The molecule has 0 aromatic heterocycles. The van der Waals surface area contributed by atoms with Gasteiger partial charge >= 0.3 is 0 Å². The average molecular weight is 534 g/mol. The lowest BCUT2D eigenvalue weighted by Gasteiger charge is -2.19. The summed E-state index contributed by atoms with van der Waals surface area (Å²) in [5, 5.41) is 21.0. The lowest BCUT2D eigenvalue weighted by molar-refractivity contribution is -0.118. The third-order valence-electron chi connectivity index (χ3n) is 6.24. The van der Waals surface area contributed by atoms with Crippen molar-refractivity contribution in [1.82, 2.24) is 5.32 Å². The van der Waals surface area contributed by atoms with Crippen LogP contribution in [0.1, 0.15) is 36.5 Å². The first-order valence-electron chi connectivity index (χ1n) is 11.8. The van der Waals surface area contributed by atoms with Gasteiger partial charge in [0.1, 0.15) is 34.0 Å². The minimum Gasteiger partial charge on any atom is -0.455 e. The Morgan fingerprint density at radius 3 is 2.51 bits per heavy atom. The van der Waals surface area contributed by atoms with Gasteiger partial charge in [-0.3, -0.25) is 15.6 Å². The summed E-state index contributed by atoms with van der Waals surface area (Å²) < 4.78 is 21.5. The van der Waals surface area contributed by atoms with Crippen LogP contribution >= 0.6 is 23.2 Å². The first-order chi connectivity index (χ1) is 17.8. The van der Waals surface area contributed by atoms with Gasteiger partial charge in [-0.15, -0.1) is 0 Å². The predicted octanol–water partition coefficient (Wildman–Crippen LogP) is 7.91. The number of benzene rings is 4. The zero-order valence-corrected chi connectivity index (χ0v) is 21.4. The summed E-state index contributed by atoms with van der Waals surface area (Å²) in [7, 11) is 0. The van der Waals surface area contributed by atoms with Gasteiger partial charge < -0.3 is 10.1 Å². The first kappa shape index (κ1) is 24.9. The van der Waals surface area contributed by atoms with E-state index in [0.29, 0.717) is 39.6 Å². The first-order valence-corrected chi connectivity index (χ1v) is 12.5. The highest BCUT2D eigenvalue weighted by molar-refractivity contribution is 6.44. The molecular formula is C29H22Cl2FN3O2. The fourth-order valence-corrected chi connectivity index (χ4v) is 5.04. The van der Waals surface area contributed by atoms with Crippen LogP contribution in [-0.2, 0) is 11.2 Å². The normalized spacial score (nSPS) is 12.5. The molecule has 0 bridgehead atoms. The van der Waals surface area contributed by atoms with Crippen molar-refractivity contribution in [3.05, 3.63) is 93.2 Å². The molecule has 1 aliphatic heterocycles.